The van der Waals surface area contributed by atoms with Crippen LogP contribution >= 0.6 is 0 Å². The molecule has 0 amide bonds. The maximum atomic E-state index is 9.07. The Morgan fingerprint density at radius 3 is 2.82 bits per heavy atom. The van der Waals surface area contributed by atoms with Crippen LogP contribution < -0.4 is 4.74 Å². The molecule has 0 aliphatic rings. The van der Waals surface area contributed by atoms with Crippen molar-refractivity contribution in [3.63, 3.8) is 0 Å². The molecule has 0 aliphatic heterocycles. The molecule has 0 fully saturated rings. The lowest BCUT2D eigenvalue weighted by Crippen LogP contribution is -1.89. The zero-order chi connectivity index (χ0) is 8.10. The van der Waals surface area contributed by atoms with Gasteiger partial charge in [-0.3, -0.25) is 0 Å². The van der Waals surface area contributed by atoms with E-state index in [1.807, 2.05) is 0 Å². The van der Waals surface area contributed by atoms with E-state index in [2.05, 4.69) is 4.79 Å². The minimum atomic E-state index is 0.00685. The number of benzene rings is 1. The van der Waals surface area contributed by atoms with E-state index in [-0.39, 0.29) is 11.5 Å². The van der Waals surface area contributed by atoms with Crippen molar-refractivity contribution in [1.82, 2.24) is 0 Å². The zero-order valence-electron chi connectivity index (χ0n) is 5.64. The summed E-state index contributed by atoms with van der Waals surface area (Å²) in [6.45, 7) is 0. The van der Waals surface area contributed by atoms with Gasteiger partial charge in [-0.1, -0.05) is 12.1 Å². The van der Waals surface area contributed by atoms with Crippen LogP contribution in [-0.4, -0.2) is 16.3 Å². The first kappa shape index (κ1) is 7.31. The van der Waals surface area contributed by atoms with Gasteiger partial charge in [0.1, 0.15) is 0 Å². The number of nitrogens with zero attached hydrogens (tertiary/aromatic N) is 2. The summed E-state index contributed by atoms with van der Waals surface area (Å²) in [5.41, 5.74) is 7.98. The Kier molecular flexibility index (Phi) is 2.25. The lowest BCUT2D eigenvalue weighted by atomic mass is 10.3. The molecule has 0 saturated heterocycles. The standard InChI is InChI=1S/C7H6N2O2/c8-9-5-11-7-4-2-1-3-6(7)10/h1-5,10H. The van der Waals surface area contributed by atoms with Gasteiger partial charge in [0.05, 0.1) is 0 Å². The minimum Gasteiger partial charge on any atom is -0.504 e. The van der Waals surface area contributed by atoms with Crippen molar-refractivity contribution >= 4 is 6.40 Å². The van der Waals surface area contributed by atoms with Crippen LogP contribution in [0.25, 0.3) is 5.53 Å². The van der Waals surface area contributed by atoms with E-state index < -0.39 is 0 Å². The first-order chi connectivity index (χ1) is 5.34. The lowest BCUT2D eigenvalue weighted by molar-refractivity contribution is -0.0152. The van der Waals surface area contributed by atoms with Gasteiger partial charge in [0.15, 0.2) is 11.5 Å². The Morgan fingerprint density at radius 2 is 2.18 bits per heavy atom. The van der Waals surface area contributed by atoms with E-state index in [4.69, 9.17) is 15.4 Å². The maximum absolute atomic E-state index is 9.07. The van der Waals surface area contributed by atoms with Crippen LogP contribution in [0.2, 0.25) is 0 Å². The highest BCUT2D eigenvalue weighted by atomic mass is 16.5. The Labute approximate surface area is 63.3 Å². The van der Waals surface area contributed by atoms with Gasteiger partial charge in [0, 0.05) is 0 Å². The summed E-state index contributed by atoms with van der Waals surface area (Å²) in [4.78, 5) is 2.61. The number of rotatable bonds is 2. The molecule has 0 atom stereocenters. The molecule has 0 aromatic heterocycles. The zero-order valence-corrected chi connectivity index (χ0v) is 5.64. The van der Waals surface area contributed by atoms with Crippen molar-refractivity contribution in [2.45, 2.75) is 0 Å². The second kappa shape index (κ2) is 3.39. The fourth-order valence-corrected chi connectivity index (χ4v) is 0.637. The van der Waals surface area contributed by atoms with Crippen LogP contribution in [-0.2, 0) is 0 Å². The third-order valence-electron chi connectivity index (χ3n) is 1.09. The number of para-hydroxylation sites is 2. The van der Waals surface area contributed by atoms with Gasteiger partial charge in [0.25, 0.3) is 0 Å². The molecule has 4 heteroatoms. The molecule has 0 bridgehead atoms. The van der Waals surface area contributed by atoms with E-state index in [1.54, 1.807) is 18.2 Å². The molecule has 1 aromatic carbocycles. The van der Waals surface area contributed by atoms with Crippen LogP contribution in [0.3, 0.4) is 0 Å². The number of aromatic hydroxyl groups is 1. The Morgan fingerprint density at radius 1 is 1.45 bits per heavy atom. The van der Waals surface area contributed by atoms with E-state index in [1.165, 1.54) is 6.07 Å². The van der Waals surface area contributed by atoms with E-state index >= 15 is 0 Å². The van der Waals surface area contributed by atoms with Crippen molar-refractivity contribution in [2.75, 3.05) is 0 Å². The van der Waals surface area contributed by atoms with Gasteiger partial charge in [-0.15, -0.1) is 4.79 Å². The highest BCUT2D eigenvalue weighted by Crippen LogP contribution is 2.23. The fourth-order valence-electron chi connectivity index (χ4n) is 0.637. The highest BCUT2D eigenvalue weighted by molar-refractivity contribution is 5.50. The first-order valence-electron chi connectivity index (χ1n) is 2.95. The monoisotopic (exact) mass is 150 g/mol. The predicted molar refractivity (Wildman–Crippen MR) is 38.4 cm³/mol. The molecule has 0 radical (unpaired) electrons. The van der Waals surface area contributed by atoms with Gasteiger partial charge < -0.3 is 15.4 Å². The van der Waals surface area contributed by atoms with Crippen molar-refractivity contribution in [1.29, 1.82) is 0 Å². The molecule has 0 spiro atoms. The first-order valence-corrected chi connectivity index (χ1v) is 2.95. The average Bonchev–Trinajstić information content (AvgIpc) is 2.03. The van der Waals surface area contributed by atoms with Crippen molar-refractivity contribution in [2.24, 2.45) is 0 Å². The quantitative estimate of drug-likeness (QED) is 0.296. The topological polar surface area (TPSA) is 65.9 Å². The Bertz CT molecular complexity index is 292. The molecule has 1 rings (SSSR count). The Balaban J connectivity index is 2.85. The van der Waals surface area contributed by atoms with Gasteiger partial charge >= 0.3 is 6.40 Å². The van der Waals surface area contributed by atoms with Crippen LogP contribution in [0.15, 0.2) is 24.3 Å². The highest BCUT2D eigenvalue weighted by Gasteiger charge is 1.98. The number of hydrogen-bond acceptors (Lipinski definition) is 2. The predicted octanol–water partition coefficient (Wildman–Crippen LogP) is 1.03. The summed E-state index contributed by atoms with van der Waals surface area (Å²) in [6.07, 6.45) is 0.828. The second-order valence-corrected chi connectivity index (χ2v) is 1.81. The fraction of sp³-hybridized carbons (Fsp3) is 0. The molecule has 1 aromatic rings. The van der Waals surface area contributed by atoms with Gasteiger partial charge in [-0.25, -0.2) is 0 Å². The maximum Gasteiger partial charge on any atom is 0.443 e. The van der Waals surface area contributed by atoms with Crippen LogP contribution in [0.1, 0.15) is 0 Å². The summed E-state index contributed by atoms with van der Waals surface area (Å²) in [5, 5.41) is 9.07. The molecule has 4 nitrogen and oxygen atoms in total. The van der Waals surface area contributed by atoms with E-state index in [0.29, 0.717) is 0 Å². The number of phenols is 1. The van der Waals surface area contributed by atoms with Crippen molar-refractivity contribution in [3.05, 3.63) is 29.8 Å². The Hall–Kier alpha value is -1.80. The number of ether oxygens (including phenoxy) is 1. The molecule has 1 N–H and O–H groups in total. The van der Waals surface area contributed by atoms with Gasteiger partial charge in [-0.2, -0.15) is 0 Å². The molecule has 0 aliphatic carbocycles. The third kappa shape index (κ3) is 1.81. The molecular weight excluding hydrogens is 144 g/mol. The molecule has 0 unspecified atom stereocenters. The number of hydrogen-bond donors (Lipinski definition) is 1. The van der Waals surface area contributed by atoms with E-state index in [9.17, 15) is 0 Å². The molecule has 0 saturated carbocycles. The van der Waals surface area contributed by atoms with Gasteiger partial charge in [0.2, 0.25) is 0 Å². The van der Waals surface area contributed by atoms with Crippen LogP contribution in [0.4, 0.5) is 0 Å². The normalized spacial score (nSPS) is 8.36. The molecular formula is C7H6N2O2. The van der Waals surface area contributed by atoms with Crippen molar-refractivity contribution in [3.8, 4) is 11.5 Å². The summed E-state index contributed by atoms with van der Waals surface area (Å²) in [6, 6.07) is 6.39. The summed E-state index contributed by atoms with van der Waals surface area (Å²) >= 11 is 0. The minimum absolute atomic E-state index is 0.00685. The summed E-state index contributed by atoms with van der Waals surface area (Å²) in [7, 11) is 0. The molecule has 0 heterocycles. The summed E-state index contributed by atoms with van der Waals surface area (Å²) < 4.78 is 4.69. The van der Waals surface area contributed by atoms with Crippen LogP contribution in [0, 0.1) is 0 Å². The third-order valence-corrected chi connectivity index (χ3v) is 1.09. The smallest absolute Gasteiger partial charge is 0.443 e. The lowest BCUT2D eigenvalue weighted by Gasteiger charge is -1.96. The van der Waals surface area contributed by atoms with Gasteiger partial charge in [-0.05, 0) is 12.1 Å². The average molecular weight is 150 g/mol. The second-order valence-electron chi connectivity index (χ2n) is 1.81. The largest absolute Gasteiger partial charge is 0.504 e. The summed E-state index contributed by atoms with van der Waals surface area (Å²) in [5.74, 6) is 0.262. The molecule has 11 heavy (non-hydrogen) atoms. The number of phenolic OH excluding ortho intramolecular Hbond substituents is 1. The molecule has 56 valence electrons. The van der Waals surface area contributed by atoms with E-state index in [0.717, 1.165) is 6.40 Å². The SMILES string of the molecule is [N-]=[N+]=COc1ccccc1O. The van der Waals surface area contributed by atoms with Crippen LogP contribution in [0.5, 0.6) is 11.5 Å². The van der Waals surface area contributed by atoms with Crippen molar-refractivity contribution < 1.29 is 14.6 Å².